The fourth-order valence-electron chi connectivity index (χ4n) is 4.24. The van der Waals surface area contributed by atoms with E-state index in [1.54, 1.807) is 47.4 Å². The Labute approximate surface area is 178 Å². The summed E-state index contributed by atoms with van der Waals surface area (Å²) < 4.78 is 14.9. The van der Waals surface area contributed by atoms with Crippen molar-refractivity contribution in [2.24, 2.45) is 0 Å². The molecule has 1 atom stereocenters. The molecule has 30 heavy (non-hydrogen) atoms. The van der Waals surface area contributed by atoms with Crippen LogP contribution >= 0.6 is 11.6 Å². The minimum atomic E-state index is -0.554. The smallest absolute Gasteiger partial charge is 0.322 e. The summed E-state index contributed by atoms with van der Waals surface area (Å²) in [5, 5.41) is 4.55. The van der Waals surface area contributed by atoms with Crippen molar-refractivity contribution < 1.29 is 9.18 Å². The molecule has 2 heterocycles. The van der Waals surface area contributed by atoms with E-state index in [9.17, 15) is 9.18 Å². The highest BCUT2D eigenvalue weighted by atomic mass is 35.5. The number of anilines is 1. The van der Waals surface area contributed by atoms with E-state index >= 15 is 0 Å². The van der Waals surface area contributed by atoms with Crippen molar-refractivity contribution in [3.63, 3.8) is 0 Å². The summed E-state index contributed by atoms with van der Waals surface area (Å²) in [5.41, 5.74) is 4.04. The minimum absolute atomic E-state index is 0.296. The number of H-pyrrole nitrogens is 1. The van der Waals surface area contributed by atoms with Crippen molar-refractivity contribution >= 4 is 34.2 Å². The van der Waals surface area contributed by atoms with Crippen molar-refractivity contribution in [1.29, 1.82) is 0 Å². The molecule has 2 N–H and O–H groups in total. The maximum Gasteiger partial charge on any atom is 0.322 e. The SMILES string of the molecule is O=C(Nc1cccc(Cl)c1)N1CCc2c([nH]c3ccccc23)[C@H]1c1ccccc1F. The van der Waals surface area contributed by atoms with E-state index in [-0.39, 0.29) is 11.8 Å². The number of rotatable bonds is 2. The van der Waals surface area contributed by atoms with Crippen LogP contribution in [0.5, 0.6) is 0 Å². The number of aromatic amines is 1. The second-order valence-corrected chi connectivity index (χ2v) is 7.81. The van der Waals surface area contributed by atoms with Gasteiger partial charge in [-0.25, -0.2) is 9.18 Å². The molecule has 1 aromatic heterocycles. The summed E-state index contributed by atoms with van der Waals surface area (Å²) in [5.74, 6) is -0.338. The molecular weight excluding hydrogens is 401 g/mol. The molecule has 5 rings (SSSR count). The topological polar surface area (TPSA) is 48.1 Å². The van der Waals surface area contributed by atoms with E-state index in [1.807, 2.05) is 18.2 Å². The van der Waals surface area contributed by atoms with Crippen LogP contribution in [0.4, 0.5) is 14.9 Å². The Hall–Kier alpha value is -3.31. The fourth-order valence-corrected chi connectivity index (χ4v) is 4.43. The van der Waals surface area contributed by atoms with Crippen molar-refractivity contribution in [3.8, 4) is 0 Å². The van der Waals surface area contributed by atoms with Crippen LogP contribution in [0.2, 0.25) is 5.02 Å². The molecule has 0 radical (unpaired) electrons. The number of carbonyl (C=O) groups excluding carboxylic acids is 1. The Kier molecular flexibility index (Phi) is 4.68. The van der Waals surface area contributed by atoms with Crippen LogP contribution in [0.1, 0.15) is 22.9 Å². The van der Waals surface area contributed by atoms with Crippen LogP contribution in [0.3, 0.4) is 0 Å². The number of hydrogen-bond donors (Lipinski definition) is 2. The first-order valence-corrected chi connectivity index (χ1v) is 10.2. The molecule has 4 nitrogen and oxygen atoms in total. The minimum Gasteiger partial charge on any atom is -0.356 e. The molecule has 0 spiro atoms. The molecule has 0 saturated heterocycles. The van der Waals surface area contributed by atoms with Gasteiger partial charge in [0.2, 0.25) is 0 Å². The first kappa shape index (κ1) is 18.7. The van der Waals surface area contributed by atoms with E-state index < -0.39 is 6.04 Å². The molecule has 2 amide bonds. The van der Waals surface area contributed by atoms with Crippen molar-refractivity contribution in [2.75, 3.05) is 11.9 Å². The number of benzene rings is 3. The number of halogens is 2. The van der Waals surface area contributed by atoms with Gasteiger partial charge in [0.05, 0.1) is 0 Å². The summed E-state index contributed by atoms with van der Waals surface area (Å²) in [6.07, 6.45) is 0.688. The third kappa shape index (κ3) is 3.21. The van der Waals surface area contributed by atoms with Crippen LogP contribution in [-0.2, 0) is 6.42 Å². The molecule has 1 aliphatic heterocycles. The summed E-state index contributed by atoms with van der Waals surface area (Å²) in [4.78, 5) is 18.4. The molecule has 0 saturated carbocycles. The lowest BCUT2D eigenvalue weighted by molar-refractivity contribution is 0.192. The van der Waals surface area contributed by atoms with Crippen molar-refractivity contribution in [3.05, 3.63) is 100 Å². The van der Waals surface area contributed by atoms with E-state index in [0.717, 1.165) is 22.2 Å². The Bertz CT molecular complexity index is 1250. The molecule has 150 valence electrons. The highest BCUT2D eigenvalue weighted by Crippen LogP contribution is 2.39. The Morgan fingerprint density at radius 3 is 2.70 bits per heavy atom. The number of hydrogen-bond acceptors (Lipinski definition) is 1. The summed E-state index contributed by atoms with van der Waals surface area (Å²) in [6.45, 7) is 0.472. The van der Waals surface area contributed by atoms with Gasteiger partial charge in [-0.3, -0.25) is 0 Å². The predicted molar refractivity (Wildman–Crippen MR) is 117 cm³/mol. The van der Waals surface area contributed by atoms with Gasteiger partial charge in [-0.2, -0.15) is 0 Å². The van der Waals surface area contributed by atoms with Gasteiger partial charge in [-0.05, 0) is 42.3 Å². The highest BCUT2D eigenvalue weighted by Gasteiger charge is 2.35. The molecular formula is C24H19ClFN3O. The van der Waals surface area contributed by atoms with Crippen molar-refractivity contribution in [1.82, 2.24) is 9.88 Å². The average Bonchev–Trinajstić information content (AvgIpc) is 3.12. The largest absolute Gasteiger partial charge is 0.356 e. The monoisotopic (exact) mass is 419 g/mol. The van der Waals surface area contributed by atoms with Crippen LogP contribution in [0.15, 0.2) is 72.8 Å². The molecule has 0 fully saturated rings. The van der Waals surface area contributed by atoms with Crippen LogP contribution in [0, 0.1) is 5.82 Å². The lowest BCUT2D eigenvalue weighted by atomic mass is 9.92. The number of para-hydroxylation sites is 1. The zero-order chi connectivity index (χ0) is 20.7. The van der Waals surface area contributed by atoms with Gasteiger partial charge in [0, 0.05) is 39.4 Å². The average molecular weight is 420 g/mol. The second-order valence-electron chi connectivity index (χ2n) is 7.37. The number of carbonyl (C=O) groups is 1. The van der Waals surface area contributed by atoms with Gasteiger partial charge in [-0.1, -0.05) is 54.1 Å². The fraction of sp³-hybridized carbons (Fsp3) is 0.125. The highest BCUT2D eigenvalue weighted by molar-refractivity contribution is 6.30. The summed E-state index contributed by atoms with van der Waals surface area (Å²) in [6, 6.07) is 20.8. The maximum atomic E-state index is 14.9. The molecule has 0 aliphatic carbocycles. The molecule has 3 aromatic carbocycles. The van der Waals surface area contributed by atoms with Crippen molar-refractivity contribution in [2.45, 2.75) is 12.5 Å². The van der Waals surface area contributed by atoms with Gasteiger partial charge in [-0.15, -0.1) is 0 Å². The standard InChI is InChI=1S/C24H19ClFN3O/c25-15-6-5-7-16(14-15)27-24(30)29-13-12-18-17-8-2-4-11-21(17)28-22(18)23(29)19-9-1-3-10-20(19)26/h1-11,14,23,28H,12-13H2,(H,27,30)/t23-/m1/s1. The second kappa shape index (κ2) is 7.50. The molecule has 0 bridgehead atoms. The first-order valence-electron chi connectivity index (χ1n) is 9.79. The lowest BCUT2D eigenvalue weighted by Crippen LogP contribution is -2.43. The lowest BCUT2D eigenvalue weighted by Gasteiger charge is -2.36. The van der Waals surface area contributed by atoms with E-state index in [1.165, 1.54) is 6.07 Å². The quantitative estimate of drug-likeness (QED) is 0.402. The molecule has 4 aromatic rings. The molecule has 1 aliphatic rings. The summed E-state index contributed by atoms with van der Waals surface area (Å²) in [7, 11) is 0. The maximum absolute atomic E-state index is 14.9. The normalized spacial score (nSPS) is 15.8. The van der Waals surface area contributed by atoms with E-state index in [2.05, 4.69) is 16.4 Å². The van der Waals surface area contributed by atoms with Crippen LogP contribution < -0.4 is 5.32 Å². The summed E-state index contributed by atoms with van der Waals surface area (Å²) >= 11 is 6.05. The number of urea groups is 1. The molecule has 0 unspecified atom stereocenters. The van der Waals surface area contributed by atoms with E-state index in [0.29, 0.717) is 29.2 Å². The van der Waals surface area contributed by atoms with Crippen LogP contribution in [-0.4, -0.2) is 22.5 Å². The Morgan fingerprint density at radius 1 is 1.07 bits per heavy atom. The number of amides is 2. The Balaban J connectivity index is 1.60. The van der Waals surface area contributed by atoms with Gasteiger partial charge in [0.25, 0.3) is 0 Å². The number of nitrogens with zero attached hydrogens (tertiary/aromatic N) is 1. The first-order chi connectivity index (χ1) is 14.6. The van der Waals surface area contributed by atoms with Gasteiger partial charge in [0.1, 0.15) is 11.9 Å². The van der Waals surface area contributed by atoms with Gasteiger partial charge in [0.15, 0.2) is 0 Å². The Morgan fingerprint density at radius 2 is 1.87 bits per heavy atom. The number of nitrogens with one attached hydrogen (secondary N) is 2. The molecule has 6 heteroatoms. The number of fused-ring (bicyclic) bond motifs is 3. The zero-order valence-corrected chi connectivity index (χ0v) is 16.8. The zero-order valence-electron chi connectivity index (χ0n) is 16.0. The third-order valence-corrected chi connectivity index (χ3v) is 5.81. The predicted octanol–water partition coefficient (Wildman–Crippen LogP) is 6.14. The number of aromatic nitrogens is 1. The van der Waals surface area contributed by atoms with E-state index in [4.69, 9.17) is 11.6 Å². The van der Waals surface area contributed by atoms with Gasteiger partial charge >= 0.3 is 6.03 Å². The third-order valence-electron chi connectivity index (χ3n) is 5.57. The van der Waals surface area contributed by atoms with Gasteiger partial charge < -0.3 is 15.2 Å². The van der Waals surface area contributed by atoms with Crippen LogP contribution in [0.25, 0.3) is 10.9 Å².